The molecule has 4 rings (SSSR count). The van der Waals surface area contributed by atoms with E-state index in [1.54, 1.807) is 5.32 Å². The highest BCUT2D eigenvalue weighted by molar-refractivity contribution is 6.52. The molecule has 1 atom stereocenters. The third kappa shape index (κ3) is 5.84. The molecule has 2 aromatic carbocycles. The molecule has 38 heavy (non-hydrogen) atoms. The average Bonchev–Trinajstić information content (AvgIpc) is 3.22. The highest BCUT2D eigenvalue weighted by atomic mass is 35.5. The van der Waals surface area contributed by atoms with Crippen LogP contribution in [0.2, 0.25) is 5.02 Å². The third-order valence-electron chi connectivity index (χ3n) is 5.22. The Bertz CT molecular complexity index is 1460. The van der Waals surface area contributed by atoms with Crippen molar-refractivity contribution in [3.05, 3.63) is 70.1 Å². The predicted octanol–water partition coefficient (Wildman–Crippen LogP) is 6.26. The van der Waals surface area contributed by atoms with E-state index in [9.17, 15) is 36.3 Å². The number of rotatable bonds is 6. The van der Waals surface area contributed by atoms with Crippen LogP contribution in [-0.4, -0.2) is 27.2 Å². The lowest BCUT2D eigenvalue weighted by Crippen LogP contribution is -2.19. The molecular weight excluding hydrogens is 586 g/mol. The van der Waals surface area contributed by atoms with Crippen molar-refractivity contribution in [1.82, 2.24) is 5.16 Å². The van der Waals surface area contributed by atoms with Crippen molar-refractivity contribution in [1.29, 1.82) is 0 Å². The summed E-state index contributed by atoms with van der Waals surface area (Å²) in [6.45, 7) is 0. The number of nitrogens with one attached hydrogen (secondary N) is 3. The molecule has 0 radical (unpaired) electrons. The number of anilines is 3. The Balaban J connectivity index is 1.51. The number of benzene rings is 2. The lowest BCUT2D eigenvalue weighted by atomic mass is 10.1. The minimum atomic E-state index is -4.92. The van der Waals surface area contributed by atoms with Gasteiger partial charge in [0.2, 0.25) is 11.7 Å². The SMILES string of the molecule is O=C(Nc1c(F)ccc(NC(=O)c2cc(NC(=O)C3CC3(Cl)Cl)ccc2Cl)c1F)c1cc(C(F)(F)F)no1. The number of amides is 3. The summed E-state index contributed by atoms with van der Waals surface area (Å²) in [4.78, 5) is 37.2. The van der Waals surface area contributed by atoms with Gasteiger partial charge in [0, 0.05) is 11.8 Å². The summed E-state index contributed by atoms with van der Waals surface area (Å²) in [7, 11) is 0. The molecule has 16 heteroatoms. The molecule has 1 aliphatic carbocycles. The first-order valence-corrected chi connectivity index (χ1v) is 11.4. The van der Waals surface area contributed by atoms with Crippen molar-refractivity contribution >= 4 is 69.6 Å². The van der Waals surface area contributed by atoms with E-state index in [2.05, 4.69) is 20.3 Å². The van der Waals surface area contributed by atoms with Gasteiger partial charge in [0.05, 0.1) is 22.2 Å². The maximum Gasteiger partial charge on any atom is 0.436 e. The number of nitrogens with zero attached hydrogens (tertiary/aromatic N) is 1. The van der Waals surface area contributed by atoms with Crippen LogP contribution in [0.5, 0.6) is 0 Å². The summed E-state index contributed by atoms with van der Waals surface area (Å²) < 4.78 is 70.3. The maximum absolute atomic E-state index is 15.0. The van der Waals surface area contributed by atoms with Crippen LogP contribution in [0.15, 0.2) is 40.9 Å². The van der Waals surface area contributed by atoms with E-state index in [1.807, 2.05) is 0 Å². The molecule has 8 nitrogen and oxygen atoms in total. The van der Waals surface area contributed by atoms with Gasteiger partial charge in [-0.25, -0.2) is 8.78 Å². The van der Waals surface area contributed by atoms with E-state index in [4.69, 9.17) is 34.8 Å². The molecule has 200 valence electrons. The normalized spacial score (nSPS) is 16.1. The van der Waals surface area contributed by atoms with Crippen LogP contribution in [0.4, 0.5) is 39.0 Å². The fourth-order valence-electron chi connectivity index (χ4n) is 3.15. The predicted molar refractivity (Wildman–Crippen MR) is 126 cm³/mol. The van der Waals surface area contributed by atoms with Gasteiger partial charge < -0.3 is 20.5 Å². The zero-order valence-electron chi connectivity index (χ0n) is 18.4. The molecule has 0 bridgehead atoms. The summed E-state index contributed by atoms with van der Waals surface area (Å²) >= 11 is 17.8. The number of hydrogen-bond donors (Lipinski definition) is 3. The number of carbonyl (C=O) groups excluding carboxylic acids is 3. The second kappa shape index (κ2) is 10.0. The molecule has 0 spiro atoms. The molecule has 1 fully saturated rings. The lowest BCUT2D eigenvalue weighted by Gasteiger charge is -2.13. The van der Waals surface area contributed by atoms with Crippen molar-refractivity contribution in [2.75, 3.05) is 16.0 Å². The molecule has 1 heterocycles. The Morgan fingerprint density at radius 3 is 2.29 bits per heavy atom. The number of alkyl halides is 5. The van der Waals surface area contributed by atoms with E-state index < -0.39 is 68.6 Å². The van der Waals surface area contributed by atoms with Gasteiger partial charge in [-0.05, 0) is 36.8 Å². The van der Waals surface area contributed by atoms with Crippen LogP contribution in [0.25, 0.3) is 0 Å². The van der Waals surface area contributed by atoms with Gasteiger partial charge >= 0.3 is 6.18 Å². The van der Waals surface area contributed by atoms with Crippen molar-refractivity contribution < 1.29 is 40.9 Å². The molecule has 1 unspecified atom stereocenters. The molecule has 3 aromatic rings. The molecular formula is C22H12Cl3F5N4O4. The molecule has 0 aliphatic heterocycles. The van der Waals surface area contributed by atoms with Crippen LogP contribution in [0.1, 0.15) is 33.0 Å². The van der Waals surface area contributed by atoms with E-state index in [0.717, 1.165) is 6.07 Å². The number of carbonyl (C=O) groups is 3. The van der Waals surface area contributed by atoms with Crippen LogP contribution in [-0.2, 0) is 11.0 Å². The van der Waals surface area contributed by atoms with Crippen molar-refractivity contribution in [3.63, 3.8) is 0 Å². The smallest absolute Gasteiger partial charge is 0.350 e. The van der Waals surface area contributed by atoms with Crippen LogP contribution < -0.4 is 16.0 Å². The number of aromatic nitrogens is 1. The summed E-state index contributed by atoms with van der Waals surface area (Å²) in [5, 5.41) is 9.00. The Morgan fingerprint density at radius 1 is 1.00 bits per heavy atom. The Morgan fingerprint density at radius 2 is 1.68 bits per heavy atom. The van der Waals surface area contributed by atoms with Gasteiger partial charge in [-0.1, -0.05) is 16.8 Å². The maximum atomic E-state index is 15.0. The Labute approximate surface area is 224 Å². The van der Waals surface area contributed by atoms with Gasteiger partial charge in [0.15, 0.2) is 11.5 Å². The Hall–Kier alpha value is -3.42. The first-order chi connectivity index (χ1) is 17.7. The van der Waals surface area contributed by atoms with E-state index >= 15 is 0 Å². The van der Waals surface area contributed by atoms with E-state index in [1.165, 1.54) is 18.2 Å². The second-order valence-corrected chi connectivity index (χ2v) is 9.92. The molecule has 3 N–H and O–H groups in total. The van der Waals surface area contributed by atoms with Crippen LogP contribution in [0, 0.1) is 17.6 Å². The standard InChI is InChI=1S/C22H12Cl3F5N4O4/c23-11-2-1-8(31-19(36)10-7-21(10,24)25)5-9(11)18(35)32-13-4-3-12(26)17(16(13)27)33-20(37)14-6-15(34-38-14)22(28,29)30/h1-6,10H,7H2,(H,31,36)(H,32,35)(H,33,37). The fourth-order valence-corrected chi connectivity index (χ4v) is 3.86. The highest BCUT2D eigenvalue weighted by Gasteiger charge is 2.56. The molecule has 1 aliphatic rings. The van der Waals surface area contributed by atoms with Crippen molar-refractivity contribution in [2.24, 2.45) is 5.92 Å². The summed E-state index contributed by atoms with van der Waals surface area (Å²) in [5.74, 6) is -7.30. The first kappa shape index (κ1) is 27.6. The van der Waals surface area contributed by atoms with Gasteiger partial charge in [-0.15, -0.1) is 23.2 Å². The van der Waals surface area contributed by atoms with Gasteiger partial charge in [-0.3, -0.25) is 14.4 Å². The highest BCUT2D eigenvalue weighted by Crippen LogP contribution is 2.53. The largest absolute Gasteiger partial charge is 0.436 e. The summed E-state index contributed by atoms with van der Waals surface area (Å²) in [5.41, 5.74) is -3.28. The van der Waals surface area contributed by atoms with Crippen molar-refractivity contribution in [2.45, 2.75) is 16.9 Å². The van der Waals surface area contributed by atoms with Gasteiger partial charge in [0.25, 0.3) is 11.8 Å². The topological polar surface area (TPSA) is 113 Å². The summed E-state index contributed by atoms with van der Waals surface area (Å²) in [6, 6.07) is 5.63. The number of hydrogen-bond acceptors (Lipinski definition) is 5. The zero-order chi connectivity index (χ0) is 28.0. The first-order valence-electron chi connectivity index (χ1n) is 10.3. The van der Waals surface area contributed by atoms with Crippen LogP contribution >= 0.6 is 34.8 Å². The minimum Gasteiger partial charge on any atom is -0.350 e. The third-order valence-corrected chi connectivity index (χ3v) is 6.39. The molecule has 3 amide bonds. The average molecular weight is 598 g/mol. The molecule has 1 aromatic heterocycles. The Kier molecular flexibility index (Phi) is 7.30. The summed E-state index contributed by atoms with van der Waals surface area (Å²) in [6.07, 6.45) is -4.67. The zero-order valence-corrected chi connectivity index (χ0v) is 20.6. The fraction of sp³-hybridized carbons (Fsp3) is 0.182. The molecule has 1 saturated carbocycles. The van der Waals surface area contributed by atoms with Gasteiger partial charge in [0.1, 0.15) is 15.8 Å². The van der Waals surface area contributed by atoms with Crippen LogP contribution in [0.3, 0.4) is 0 Å². The number of halogens is 8. The van der Waals surface area contributed by atoms with E-state index in [-0.39, 0.29) is 28.8 Å². The quantitative estimate of drug-likeness (QED) is 0.229. The minimum absolute atomic E-state index is 0.0854. The van der Waals surface area contributed by atoms with Gasteiger partial charge in [-0.2, -0.15) is 13.2 Å². The molecule has 0 saturated heterocycles. The van der Waals surface area contributed by atoms with E-state index in [0.29, 0.717) is 6.07 Å². The monoisotopic (exact) mass is 596 g/mol. The van der Waals surface area contributed by atoms with Crippen molar-refractivity contribution in [3.8, 4) is 0 Å². The second-order valence-electron chi connectivity index (χ2n) is 7.97. The lowest BCUT2D eigenvalue weighted by molar-refractivity contribution is -0.142.